The van der Waals surface area contributed by atoms with Crippen molar-refractivity contribution >= 4 is 34.2 Å². The average Bonchev–Trinajstić information content (AvgIpc) is 3.04. The van der Waals surface area contributed by atoms with Crippen molar-refractivity contribution in [3.05, 3.63) is 51.4 Å². The summed E-state index contributed by atoms with van der Waals surface area (Å²) in [5, 5.41) is 12.5. The van der Waals surface area contributed by atoms with Crippen LogP contribution in [-0.4, -0.2) is 18.9 Å². The number of ether oxygens (including phenoxy) is 1. The number of amides is 2. The Labute approximate surface area is 161 Å². The number of methoxy groups -OCH3 is 1. The van der Waals surface area contributed by atoms with Crippen LogP contribution in [0.3, 0.4) is 0 Å². The summed E-state index contributed by atoms with van der Waals surface area (Å²) in [5.41, 5.74) is 7.46. The molecule has 1 heterocycles. The summed E-state index contributed by atoms with van der Waals surface area (Å²) in [4.78, 5) is 25.6. The fourth-order valence-corrected chi connectivity index (χ4v) is 4.42. The molecule has 1 aliphatic rings. The molecule has 0 fully saturated rings. The number of anilines is 1. The van der Waals surface area contributed by atoms with Gasteiger partial charge in [0.15, 0.2) is 0 Å². The van der Waals surface area contributed by atoms with Gasteiger partial charge < -0.3 is 15.8 Å². The van der Waals surface area contributed by atoms with Gasteiger partial charge in [0.05, 0.1) is 12.7 Å². The third-order valence-electron chi connectivity index (χ3n) is 4.41. The van der Waals surface area contributed by atoms with E-state index in [1.807, 2.05) is 6.07 Å². The number of nitriles is 1. The van der Waals surface area contributed by atoms with Crippen LogP contribution < -0.4 is 15.8 Å². The van der Waals surface area contributed by atoms with E-state index in [1.165, 1.54) is 17.4 Å². The molecule has 0 saturated carbocycles. The summed E-state index contributed by atoms with van der Waals surface area (Å²) in [6, 6.07) is 8.96. The molecule has 1 aromatic carbocycles. The van der Waals surface area contributed by atoms with E-state index < -0.39 is 11.8 Å². The molecular formula is C20H19N3O3S. The van der Waals surface area contributed by atoms with E-state index in [9.17, 15) is 14.9 Å². The van der Waals surface area contributed by atoms with Crippen molar-refractivity contribution in [3.8, 4) is 11.8 Å². The molecular weight excluding hydrogens is 362 g/mol. The molecule has 0 unspecified atom stereocenters. The van der Waals surface area contributed by atoms with Gasteiger partial charge in [-0.1, -0.05) is 12.1 Å². The maximum Gasteiger partial charge on any atom is 0.266 e. The maximum absolute atomic E-state index is 12.6. The first-order valence-corrected chi connectivity index (χ1v) is 9.36. The minimum absolute atomic E-state index is 0.0648. The highest BCUT2D eigenvalue weighted by atomic mass is 32.1. The second-order valence-electron chi connectivity index (χ2n) is 6.18. The largest absolute Gasteiger partial charge is 0.497 e. The smallest absolute Gasteiger partial charge is 0.266 e. The molecule has 2 aromatic rings. The van der Waals surface area contributed by atoms with Crippen LogP contribution in [0.15, 0.2) is 29.8 Å². The van der Waals surface area contributed by atoms with E-state index in [4.69, 9.17) is 10.5 Å². The number of nitrogens with zero attached hydrogens (tertiary/aromatic N) is 1. The molecule has 3 rings (SSSR count). The summed E-state index contributed by atoms with van der Waals surface area (Å²) in [6.07, 6.45) is 5.19. The molecule has 0 bridgehead atoms. The Hall–Kier alpha value is -3.11. The molecule has 0 aliphatic heterocycles. The first-order chi connectivity index (χ1) is 13.0. The molecule has 6 nitrogen and oxygen atoms in total. The molecule has 27 heavy (non-hydrogen) atoms. The molecule has 1 aromatic heterocycles. The van der Waals surface area contributed by atoms with E-state index in [0.717, 1.165) is 36.1 Å². The van der Waals surface area contributed by atoms with Gasteiger partial charge in [-0.3, -0.25) is 9.59 Å². The highest BCUT2D eigenvalue weighted by Crippen LogP contribution is 2.38. The number of primary amides is 1. The van der Waals surface area contributed by atoms with E-state index >= 15 is 0 Å². The van der Waals surface area contributed by atoms with Crippen molar-refractivity contribution in [1.82, 2.24) is 0 Å². The number of benzene rings is 1. The minimum Gasteiger partial charge on any atom is -0.497 e. The number of nitrogens with two attached hydrogens (primary N) is 1. The number of aryl methyl sites for hydroxylation is 1. The number of rotatable bonds is 5. The zero-order valence-electron chi connectivity index (χ0n) is 14.9. The predicted molar refractivity (Wildman–Crippen MR) is 105 cm³/mol. The number of fused-ring (bicyclic) bond motifs is 1. The average molecular weight is 381 g/mol. The third-order valence-corrected chi connectivity index (χ3v) is 5.62. The SMILES string of the molecule is COc1cccc(C=C(C#N)C(=O)Nc2sc3c(c2C(N)=O)CCCC3)c1. The Bertz CT molecular complexity index is 969. The predicted octanol–water partition coefficient (Wildman–Crippen LogP) is 3.28. The van der Waals surface area contributed by atoms with Gasteiger partial charge in [0.25, 0.3) is 11.8 Å². The Kier molecular flexibility index (Phi) is 5.57. The van der Waals surface area contributed by atoms with Crippen LogP contribution in [0.5, 0.6) is 5.75 Å². The number of hydrogen-bond acceptors (Lipinski definition) is 5. The Balaban J connectivity index is 1.89. The van der Waals surface area contributed by atoms with Gasteiger partial charge in [-0.15, -0.1) is 11.3 Å². The van der Waals surface area contributed by atoms with Crippen molar-refractivity contribution in [3.63, 3.8) is 0 Å². The summed E-state index contributed by atoms with van der Waals surface area (Å²) < 4.78 is 5.15. The van der Waals surface area contributed by atoms with Gasteiger partial charge in [0.1, 0.15) is 22.4 Å². The van der Waals surface area contributed by atoms with Crippen molar-refractivity contribution in [1.29, 1.82) is 5.26 Å². The van der Waals surface area contributed by atoms with E-state index in [0.29, 0.717) is 21.9 Å². The number of hydrogen-bond donors (Lipinski definition) is 2. The summed E-state index contributed by atoms with van der Waals surface area (Å²) in [6.45, 7) is 0. The number of nitrogens with one attached hydrogen (secondary N) is 1. The zero-order valence-corrected chi connectivity index (χ0v) is 15.7. The molecule has 1 aliphatic carbocycles. The van der Waals surface area contributed by atoms with Gasteiger partial charge in [-0.2, -0.15) is 5.26 Å². The lowest BCUT2D eigenvalue weighted by Crippen LogP contribution is -2.19. The van der Waals surface area contributed by atoms with Crippen molar-refractivity contribution in [2.45, 2.75) is 25.7 Å². The Morgan fingerprint density at radius 2 is 2.11 bits per heavy atom. The number of carbonyl (C=O) groups is 2. The topological polar surface area (TPSA) is 105 Å². The van der Waals surface area contributed by atoms with E-state index in [1.54, 1.807) is 31.4 Å². The zero-order chi connectivity index (χ0) is 19.4. The minimum atomic E-state index is -0.568. The van der Waals surface area contributed by atoms with Crippen LogP contribution in [0.2, 0.25) is 0 Å². The normalized spacial score (nSPS) is 13.4. The summed E-state index contributed by atoms with van der Waals surface area (Å²) in [7, 11) is 1.55. The van der Waals surface area contributed by atoms with E-state index in [2.05, 4.69) is 5.32 Å². The van der Waals surface area contributed by atoms with Crippen LogP contribution in [0.1, 0.15) is 39.2 Å². The first kappa shape index (κ1) is 18.7. The standard InChI is InChI=1S/C20H19N3O3S/c1-26-14-6-4-5-12(10-14)9-13(11-21)19(25)23-20-17(18(22)24)15-7-2-3-8-16(15)27-20/h4-6,9-10H,2-3,7-8H2,1H3,(H2,22,24)(H,23,25). The molecule has 2 amide bonds. The molecule has 0 radical (unpaired) electrons. The monoisotopic (exact) mass is 381 g/mol. The number of carbonyl (C=O) groups excluding carboxylic acids is 2. The van der Waals surface area contributed by atoms with Gasteiger partial charge in [-0.05, 0) is 55.0 Å². The lowest BCUT2D eigenvalue weighted by atomic mass is 9.95. The van der Waals surface area contributed by atoms with E-state index in [-0.39, 0.29) is 5.57 Å². The molecule has 138 valence electrons. The lowest BCUT2D eigenvalue weighted by molar-refractivity contribution is -0.112. The van der Waals surface area contributed by atoms with Crippen molar-refractivity contribution in [2.24, 2.45) is 5.73 Å². The highest BCUT2D eigenvalue weighted by molar-refractivity contribution is 7.17. The Morgan fingerprint density at radius 3 is 2.81 bits per heavy atom. The van der Waals surface area contributed by atoms with Gasteiger partial charge >= 0.3 is 0 Å². The van der Waals surface area contributed by atoms with Crippen LogP contribution in [0.25, 0.3) is 6.08 Å². The maximum atomic E-state index is 12.6. The molecule has 0 saturated heterocycles. The Morgan fingerprint density at radius 1 is 1.33 bits per heavy atom. The molecule has 3 N–H and O–H groups in total. The van der Waals surface area contributed by atoms with Crippen LogP contribution in [0.4, 0.5) is 5.00 Å². The quantitative estimate of drug-likeness (QED) is 0.612. The summed E-state index contributed by atoms with van der Waals surface area (Å²) in [5.74, 6) is -0.496. The van der Waals surface area contributed by atoms with Crippen LogP contribution in [-0.2, 0) is 17.6 Å². The van der Waals surface area contributed by atoms with Crippen LogP contribution >= 0.6 is 11.3 Å². The van der Waals surface area contributed by atoms with Gasteiger partial charge in [0, 0.05) is 4.88 Å². The third kappa shape index (κ3) is 4.01. The fraction of sp³-hybridized carbons (Fsp3) is 0.250. The molecule has 0 atom stereocenters. The van der Waals surface area contributed by atoms with Crippen molar-refractivity contribution in [2.75, 3.05) is 12.4 Å². The van der Waals surface area contributed by atoms with Gasteiger partial charge in [0.2, 0.25) is 0 Å². The second-order valence-corrected chi connectivity index (χ2v) is 7.28. The fourth-order valence-electron chi connectivity index (χ4n) is 3.13. The van der Waals surface area contributed by atoms with Crippen LogP contribution in [0, 0.1) is 11.3 Å². The first-order valence-electron chi connectivity index (χ1n) is 8.55. The molecule has 7 heteroatoms. The summed E-state index contributed by atoms with van der Waals surface area (Å²) >= 11 is 1.37. The number of thiophene rings is 1. The second kappa shape index (κ2) is 8.06. The van der Waals surface area contributed by atoms with Gasteiger partial charge in [-0.25, -0.2) is 0 Å². The van der Waals surface area contributed by atoms with Crippen molar-refractivity contribution < 1.29 is 14.3 Å². The lowest BCUT2D eigenvalue weighted by Gasteiger charge is -2.11. The highest BCUT2D eigenvalue weighted by Gasteiger charge is 2.25. The molecule has 0 spiro atoms.